The lowest BCUT2D eigenvalue weighted by Gasteiger charge is -2.49. The number of fused-ring (bicyclic) bond motifs is 4. The fraction of sp³-hybridized carbons (Fsp3) is 0.324. The van der Waals surface area contributed by atoms with Gasteiger partial charge in [-0.3, -0.25) is 24.2 Å². The van der Waals surface area contributed by atoms with Crippen molar-refractivity contribution in [2.24, 2.45) is 29.1 Å². The lowest BCUT2D eigenvalue weighted by atomic mass is 9.51. The van der Waals surface area contributed by atoms with Crippen molar-refractivity contribution in [3.05, 3.63) is 93.1 Å². The molecule has 2 aliphatic heterocycles. The van der Waals surface area contributed by atoms with Crippen molar-refractivity contribution < 1.29 is 37.5 Å². The number of aromatic nitrogens is 1. The van der Waals surface area contributed by atoms with Crippen LogP contribution in [-0.4, -0.2) is 45.8 Å². The molecular weight excluding hydrogens is 717 g/mol. The van der Waals surface area contributed by atoms with Gasteiger partial charge in [0.25, 0.3) is 11.8 Å². The molecule has 14 heteroatoms. The van der Waals surface area contributed by atoms with Gasteiger partial charge >= 0.3 is 6.18 Å². The maximum atomic E-state index is 14.4. The van der Waals surface area contributed by atoms with Crippen molar-refractivity contribution in [2.75, 3.05) is 17.0 Å². The number of nitrogens with zero attached hydrogens (tertiary/aromatic N) is 4. The Labute approximate surface area is 286 Å². The Hall–Kier alpha value is -4.23. The van der Waals surface area contributed by atoms with Gasteiger partial charge in [-0.2, -0.15) is 18.2 Å². The number of hydrogen-bond acceptors (Lipinski definition) is 7. The van der Waals surface area contributed by atoms with Crippen molar-refractivity contribution in [1.29, 1.82) is 0 Å². The SMILES string of the molecule is CN(c1nc(C(F)(F)F)ccc1Cl)N1C(=O)C2CC=C3C(CC4C(=O)N(c5ccccc5)C(=O)C4(C)C3c3cc(Br)ccc3O)C2C1=O. The van der Waals surface area contributed by atoms with E-state index >= 15 is 0 Å². The second-order valence-electron chi connectivity index (χ2n) is 12.7. The van der Waals surface area contributed by atoms with Gasteiger partial charge in [0.1, 0.15) is 11.4 Å². The molecule has 3 aromatic rings. The Balaban J connectivity index is 1.33. The number of benzene rings is 2. The molecule has 1 N–H and O–H groups in total. The van der Waals surface area contributed by atoms with Crippen LogP contribution in [0, 0.1) is 29.1 Å². The molecule has 0 bridgehead atoms. The standard InChI is InChI=1S/C34H27BrClF3N4O5/c1-33-22(30(46)42(32(33)48)17-6-4-3-5-7-17)15-20-18(27(33)21-14-16(35)8-12-24(21)44)9-10-19-26(20)31(47)43(29(19)45)41(2)28-23(36)11-13-25(40-28)34(37,38)39/h3-9,11-14,19-20,22,26-27,44H,10,15H2,1-2H3. The first kappa shape index (κ1) is 32.3. The third-order valence-corrected chi connectivity index (χ3v) is 11.1. The van der Waals surface area contributed by atoms with Gasteiger partial charge in [-0.15, -0.1) is 0 Å². The summed E-state index contributed by atoms with van der Waals surface area (Å²) in [6, 6.07) is 15.0. The van der Waals surface area contributed by atoms with Crippen LogP contribution in [0.1, 0.15) is 36.9 Å². The summed E-state index contributed by atoms with van der Waals surface area (Å²) in [5.41, 5.74) is -1.20. The number of para-hydroxylation sites is 1. The molecule has 248 valence electrons. The summed E-state index contributed by atoms with van der Waals surface area (Å²) < 4.78 is 41.2. The highest BCUT2D eigenvalue weighted by Gasteiger charge is 2.68. The van der Waals surface area contributed by atoms with E-state index in [9.17, 15) is 37.5 Å². The predicted molar refractivity (Wildman–Crippen MR) is 171 cm³/mol. The van der Waals surface area contributed by atoms with Gasteiger partial charge in [0.05, 0.1) is 33.9 Å². The molecule has 2 saturated heterocycles. The number of carbonyl (C=O) groups excluding carboxylic acids is 4. The number of halogens is 5. The van der Waals surface area contributed by atoms with Gasteiger partial charge < -0.3 is 5.11 Å². The molecule has 3 fully saturated rings. The molecule has 9 nitrogen and oxygen atoms in total. The molecule has 7 rings (SSSR count). The van der Waals surface area contributed by atoms with E-state index in [1.54, 1.807) is 49.4 Å². The number of aromatic hydroxyl groups is 1. The number of rotatable bonds is 4. The number of hydrazine groups is 1. The van der Waals surface area contributed by atoms with Crippen LogP contribution in [-0.2, 0) is 25.4 Å². The van der Waals surface area contributed by atoms with Crippen molar-refractivity contribution in [3.63, 3.8) is 0 Å². The quantitative estimate of drug-likeness (QED) is 0.240. The molecule has 48 heavy (non-hydrogen) atoms. The summed E-state index contributed by atoms with van der Waals surface area (Å²) in [6.07, 6.45) is -2.84. The maximum Gasteiger partial charge on any atom is 0.433 e. The molecule has 3 heterocycles. The minimum absolute atomic E-state index is 0.0574. The highest BCUT2D eigenvalue weighted by atomic mass is 79.9. The summed E-state index contributed by atoms with van der Waals surface area (Å²) >= 11 is 9.69. The molecule has 0 spiro atoms. The zero-order chi connectivity index (χ0) is 34.4. The number of alkyl halides is 3. The van der Waals surface area contributed by atoms with Gasteiger partial charge in [-0.05, 0) is 68.1 Å². The minimum atomic E-state index is -4.80. The van der Waals surface area contributed by atoms with Crippen molar-refractivity contribution in [2.45, 2.75) is 31.9 Å². The summed E-state index contributed by atoms with van der Waals surface area (Å²) in [5, 5.41) is 12.7. The Kier molecular flexibility index (Phi) is 7.52. The van der Waals surface area contributed by atoms with Crippen molar-refractivity contribution in [3.8, 4) is 5.75 Å². The molecule has 4 aliphatic rings. The van der Waals surface area contributed by atoms with Gasteiger partial charge in [0, 0.05) is 23.0 Å². The highest BCUT2D eigenvalue weighted by molar-refractivity contribution is 9.10. The van der Waals surface area contributed by atoms with Gasteiger partial charge in [-0.25, -0.2) is 9.88 Å². The molecule has 1 saturated carbocycles. The van der Waals surface area contributed by atoms with Gasteiger partial charge in [0.2, 0.25) is 11.8 Å². The van der Waals surface area contributed by atoms with E-state index < -0.39 is 76.3 Å². The number of carbonyl (C=O) groups is 4. The van der Waals surface area contributed by atoms with Crippen molar-refractivity contribution >= 4 is 62.7 Å². The zero-order valence-electron chi connectivity index (χ0n) is 25.4. The minimum Gasteiger partial charge on any atom is -0.508 e. The van der Waals surface area contributed by atoms with Crippen LogP contribution in [0.4, 0.5) is 24.7 Å². The summed E-state index contributed by atoms with van der Waals surface area (Å²) in [4.78, 5) is 61.7. The molecule has 1 aromatic heterocycles. The molecule has 0 radical (unpaired) electrons. The number of phenols is 1. The van der Waals surface area contributed by atoms with Crippen LogP contribution in [0.2, 0.25) is 5.02 Å². The summed E-state index contributed by atoms with van der Waals surface area (Å²) in [7, 11) is 1.24. The van der Waals surface area contributed by atoms with E-state index in [0.29, 0.717) is 27.4 Å². The highest BCUT2D eigenvalue weighted by Crippen LogP contribution is 2.64. The number of phenolic OH excluding ortho intramolecular Hbond substituents is 1. The van der Waals surface area contributed by atoms with E-state index in [1.807, 2.05) is 6.08 Å². The van der Waals surface area contributed by atoms with Gasteiger partial charge in [0.15, 0.2) is 5.82 Å². The molecule has 2 aromatic carbocycles. The normalized spacial score (nSPS) is 28.3. The third-order valence-electron chi connectivity index (χ3n) is 10.3. The number of anilines is 2. The lowest BCUT2D eigenvalue weighted by Crippen LogP contribution is -2.49. The van der Waals surface area contributed by atoms with E-state index in [4.69, 9.17) is 11.6 Å². The average Bonchev–Trinajstić information content (AvgIpc) is 3.41. The molecule has 6 unspecified atom stereocenters. The number of amides is 4. The summed E-state index contributed by atoms with van der Waals surface area (Å²) in [5.74, 6) is -7.15. The number of allylic oxidation sites excluding steroid dienone is 2. The number of imide groups is 2. The number of hydrogen-bond donors (Lipinski definition) is 1. The second-order valence-corrected chi connectivity index (χ2v) is 14.0. The Bertz CT molecular complexity index is 1940. The maximum absolute atomic E-state index is 14.4. The predicted octanol–water partition coefficient (Wildman–Crippen LogP) is 6.50. The van der Waals surface area contributed by atoms with E-state index in [2.05, 4.69) is 20.9 Å². The molecule has 4 amide bonds. The first-order valence-electron chi connectivity index (χ1n) is 15.1. The van der Waals surface area contributed by atoms with Crippen LogP contribution in [0.3, 0.4) is 0 Å². The van der Waals surface area contributed by atoms with Crippen LogP contribution in [0.5, 0.6) is 5.75 Å². The largest absolute Gasteiger partial charge is 0.508 e. The smallest absolute Gasteiger partial charge is 0.433 e. The monoisotopic (exact) mass is 742 g/mol. The van der Waals surface area contributed by atoms with E-state index in [0.717, 1.165) is 21.0 Å². The van der Waals surface area contributed by atoms with E-state index in [1.165, 1.54) is 13.1 Å². The Morgan fingerprint density at radius 1 is 1.00 bits per heavy atom. The average molecular weight is 744 g/mol. The Morgan fingerprint density at radius 3 is 2.40 bits per heavy atom. The topological polar surface area (TPSA) is 111 Å². The van der Waals surface area contributed by atoms with Crippen LogP contribution in [0.25, 0.3) is 0 Å². The fourth-order valence-electron chi connectivity index (χ4n) is 8.13. The first-order chi connectivity index (χ1) is 22.7. The Morgan fingerprint density at radius 2 is 1.71 bits per heavy atom. The first-order valence-corrected chi connectivity index (χ1v) is 16.3. The lowest BCUT2D eigenvalue weighted by molar-refractivity contribution is -0.141. The molecular formula is C34H27BrClF3N4O5. The summed E-state index contributed by atoms with van der Waals surface area (Å²) in [6.45, 7) is 1.71. The molecule has 2 aliphatic carbocycles. The second kappa shape index (κ2) is 11.2. The van der Waals surface area contributed by atoms with Crippen LogP contribution >= 0.6 is 27.5 Å². The third kappa shape index (κ3) is 4.61. The van der Waals surface area contributed by atoms with E-state index in [-0.39, 0.29) is 23.6 Å². The molecule has 6 atom stereocenters. The fourth-order valence-corrected chi connectivity index (χ4v) is 8.74. The number of pyridine rings is 1. The van der Waals surface area contributed by atoms with Gasteiger partial charge in [-0.1, -0.05) is 57.4 Å². The van der Waals surface area contributed by atoms with Crippen LogP contribution in [0.15, 0.2) is 76.8 Å². The zero-order valence-corrected chi connectivity index (χ0v) is 27.8. The van der Waals surface area contributed by atoms with Crippen molar-refractivity contribution in [1.82, 2.24) is 9.99 Å². The van der Waals surface area contributed by atoms with Crippen LogP contribution < -0.4 is 9.91 Å².